The van der Waals surface area contributed by atoms with Gasteiger partial charge in [-0.15, -0.1) is 11.3 Å². The highest BCUT2D eigenvalue weighted by atomic mass is 32.1. The lowest BCUT2D eigenvalue weighted by atomic mass is 9.67. The molecule has 1 aliphatic rings. The maximum atomic E-state index is 5.32. The summed E-state index contributed by atoms with van der Waals surface area (Å²) in [6.07, 6.45) is 0. The van der Waals surface area contributed by atoms with E-state index < -0.39 is 5.41 Å². The highest BCUT2D eigenvalue weighted by Gasteiger charge is 2.46. The van der Waals surface area contributed by atoms with E-state index in [1.54, 1.807) is 11.3 Å². The predicted molar refractivity (Wildman–Crippen MR) is 283 cm³/mol. The van der Waals surface area contributed by atoms with Crippen LogP contribution in [0.4, 0.5) is 0 Å². The number of benzene rings is 10. The zero-order valence-electron chi connectivity index (χ0n) is 36.9. The number of thiophene rings is 1. The third-order valence-corrected chi connectivity index (χ3v) is 14.9. The van der Waals surface area contributed by atoms with E-state index in [1.807, 2.05) is 6.07 Å². The second kappa shape index (κ2) is 16.4. The van der Waals surface area contributed by atoms with Gasteiger partial charge in [-0.25, -0.2) is 15.0 Å². The quantitative estimate of drug-likeness (QED) is 0.153. The van der Waals surface area contributed by atoms with Gasteiger partial charge >= 0.3 is 0 Å². The molecule has 10 aromatic carbocycles. The summed E-state index contributed by atoms with van der Waals surface area (Å²) in [5.41, 5.74) is 16.8. The molecule has 68 heavy (non-hydrogen) atoms. The van der Waals surface area contributed by atoms with Crippen molar-refractivity contribution in [2.45, 2.75) is 5.41 Å². The summed E-state index contributed by atoms with van der Waals surface area (Å²) in [6.45, 7) is 0. The Kier molecular flexibility index (Phi) is 9.59. The van der Waals surface area contributed by atoms with E-state index in [2.05, 4.69) is 243 Å². The van der Waals surface area contributed by atoms with E-state index in [4.69, 9.17) is 15.0 Å². The average molecular weight is 884 g/mol. The van der Waals surface area contributed by atoms with Gasteiger partial charge in [-0.2, -0.15) is 0 Å². The second-order valence-corrected chi connectivity index (χ2v) is 18.5. The number of nitrogens with zero attached hydrogens (tertiary/aromatic N) is 3. The molecular weight excluding hydrogens is 843 g/mol. The Labute approximate surface area is 399 Å². The molecule has 2 aromatic heterocycles. The first-order valence-electron chi connectivity index (χ1n) is 23.1. The van der Waals surface area contributed by atoms with E-state index in [0.29, 0.717) is 17.5 Å². The van der Waals surface area contributed by atoms with Crippen molar-refractivity contribution in [3.05, 3.63) is 271 Å². The molecule has 4 heteroatoms. The molecule has 0 bridgehead atoms. The van der Waals surface area contributed by atoms with Crippen LogP contribution in [0.3, 0.4) is 0 Å². The topological polar surface area (TPSA) is 38.7 Å². The molecule has 0 radical (unpaired) electrons. The summed E-state index contributed by atoms with van der Waals surface area (Å²) in [4.78, 5) is 15.9. The first kappa shape index (κ1) is 39.8. The molecule has 0 atom stereocenters. The maximum absolute atomic E-state index is 5.32. The lowest BCUT2D eigenvalue weighted by molar-refractivity contribution is 0.769. The van der Waals surface area contributed by atoms with Crippen LogP contribution in [-0.2, 0) is 5.41 Å². The van der Waals surface area contributed by atoms with Gasteiger partial charge in [-0.1, -0.05) is 218 Å². The molecule has 0 unspecified atom stereocenters. The Hall–Kier alpha value is -8.57. The molecule has 0 N–H and O–H groups in total. The monoisotopic (exact) mass is 883 g/mol. The summed E-state index contributed by atoms with van der Waals surface area (Å²) < 4.78 is 2.41. The van der Waals surface area contributed by atoms with E-state index in [1.165, 1.54) is 59.1 Å². The van der Waals surface area contributed by atoms with Crippen LogP contribution in [0.1, 0.15) is 22.3 Å². The number of hydrogen-bond acceptors (Lipinski definition) is 4. The molecular formula is C64H41N3S. The lowest BCUT2D eigenvalue weighted by Gasteiger charge is -2.34. The minimum atomic E-state index is -0.469. The number of rotatable bonds is 8. The van der Waals surface area contributed by atoms with E-state index in [9.17, 15) is 0 Å². The maximum Gasteiger partial charge on any atom is 0.165 e. The molecule has 0 saturated carbocycles. The lowest BCUT2D eigenvalue weighted by Crippen LogP contribution is -2.28. The van der Waals surface area contributed by atoms with Gasteiger partial charge in [0.05, 0.1) is 5.41 Å². The van der Waals surface area contributed by atoms with Crippen molar-refractivity contribution in [2.75, 3.05) is 0 Å². The minimum Gasteiger partial charge on any atom is -0.208 e. The van der Waals surface area contributed by atoms with Gasteiger partial charge in [0.25, 0.3) is 0 Å². The first-order valence-corrected chi connectivity index (χ1v) is 23.9. The molecule has 2 heterocycles. The molecule has 0 saturated heterocycles. The molecule has 318 valence electrons. The van der Waals surface area contributed by atoms with Crippen molar-refractivity contribution in [1.29, 1.82) is 0 Å². The van der Waals surface area contributed by atoms with Crippen molar-refractivity contribution in [1.82, 2.24) is 15.0 Å². The Balaban J connectivity index is 0.943. The molecule has 1 aliphatic carbocycles. The fourth-order valence-corrected chi connectivity index (χ4v) is 11.8. The van der Waals surface area contributed by atoms with Gasteiger partial charge in [-0.3, -0.25) is 0 Å². The van der Waals surface area contributed by atoms with E-state index in [0.717, 1.165) is 44.5 Å². The minimum absolute atomic E-state index is 0.469. The van der Waals surface area contributed by atoms with Crippen LogP contribution in [-0.4, -0.2) is 15.0 Å². The van der Waals surface area contributed by atoms with E-state index >= 15 is 0 Å². The first-order chi connectivity index (χ1) is 33.7. The summed E-state index contributed by atoms with van der Waals surface area (Å²) in [5.74, 6) is 1.91. The Morgan fingerprint density at radius 1 is 0.279 bits per heavy atom. The van der Waals surface area contributed by atoms with Crippen molar-refractivity contribution < 1.29 is 0 Å². The van der Waals surface area contributed by atoms with Gasteiger partial charge < -0.3 is 0 Å². The van der Waals surface area contributed by atoms with Crippen LogP contribution in [0.15, 0.2) is 249 Å². The zero-order valence-corrected chi connectivity index (χ0v) is 37.7. The molecule has 0 fully saturated rings. The second-order valence-electron chi connectivity index (χ2n) is 17.4. The fourth-order valence-electron chi connectivity index (χ4n) is 10.6. The van der Waals surface area contributed by atoms with Crippen molar-refractivity contribution in [3.8, 4) is 78.7 Å². The normalized spacial score (nSPS) is 12.5. The van der Waals surface area contributed by atoms with Crippen molar-refractivity contribution in [3.63, 3.8) is 0 Å². The fraction of sp³-hybridized carbons (Fsp3) is 0.0156. The Morgan fingerprint density at radius 3 is 1.47 bits per heavy atom. The summed E-state index contributed by atoms with van der Waals surface area (Å²) in [6, 6.07) is 89.5. The highest BCUT2D eigenvalue weighted by molar-refractivity contribution is 7.26. The zero-order chi connectivity index (χ0) is 45.0. The van der Waals surface area contributed by atoms with Gasteiger partial charge in [0.15, 0.2) is 17.5 Å². The van der Waals surface area contributed by atoms with Crippen LogP contribution < -0.4 is 0 Å². The molecule has 12 aromatic rings. The summed E-state index contributed by atoms with van der Waals surface area (Å²) in [5, 5.41) is 2.45. The van der Waals surface area contributed by atoms with Gasteiger partial charge in [0, 0.05) is 36.9 Å². The molecule has 0 spiro atoms. The van der Waals surface area contributed by atoms with Crippen LogP contribution in [0.2, 0.25) is 0 Å². The summed E-state index contributed by atoms with van der Waals surface area (Å²) >= 11 is 1.79. The van der Waals surface area contributed by atoms with Crippen LogP contribution in [0.25, 0.3) is 98.8 Å². The molecule has 3 nitrogen and oxygen atoms in total. The van der Waals surface area contributed by atoms with Gasteiger partial charge in [0.2, 0.25) is 0 Å². The van der Waals surface area contributed by atoms with Crippen molar-refractivity contribution in [2.24, 2.45) is 0 Å². The van der Waals surface area contributed by atoms with Crippen LogP contribution >= 0.6 is 11.3 Å². The standard InChI is InChI=1S/C64H41N3S/c1-4-19-42(20-5-1)50-29-10-11-32-55(50)62-65-61(66-63(67-62)56-34-18-33-54-53-31-13-15-36-59(53)68-60(54)56)47-24-17-23-45(40-47)43-21-16-22-44(39-43)46-37-38-52-51-30-12-14-35-57(51)64(58(52)41-46,48-25-6-2-7-26-48)49-27-8-3-9-28-49/h1-41H. The van der Waals surface area contributed by atoms with Crippen LogP contribution in [0.5, 0.6) is 0 Å². The summed E-state index contributed by atoms with van der Waals surface area (Å²) in [7, 11) is 0. The largest absolute Gasteiger partial charge is 0.208 e. The average Bonchev–Trinajstić information content (AvgIpc) is 3.95. The third-order valence-electron chi connectivity index (χ3n) is 13.6. The van der Waals surface area contributed by atoms with E-state index in [-0.39, 0.29) is 0 Å². The smallest absolute Gasteiger partial charge is 0.165 e. The number of fused-ring (bicyclic) bond motifs is 6. The highest BCUT2D eigenvalue weighted by Crippen LogP contribution is 2.56. The third kappa shape index (κ3) is 6.52. The van der Waals surface area contributed by atoms with Gasteiger partial charge in [-0.05, 0) is 97.1 Å². The number of hydrogen-bond donors (Lipinski definition) is 0. The number of aromatic nitrogens is 3. The Morgan fingerprint density at radius 2 is 0.750 bits per heavy atom. The SMILES string of the molecule is c1ccc(-c2ccccc2-c2nc(-c3cccc(-c4cccc(-c5ccc6c(c5)C(c5ccccc5)(c5ccccc5)c5ccccc5-6)c4)c3)nc(-c3cccc4c3sc3ccccc34)n2)cc1. The molecule has 0 amide bonds. The molecule has 13 rings (SSSR count). The predicted octanol–water partition coefficient (Wildman–Crippen LogP) is 16.6. The Bertz CT molecular complexity index is 3820. The van der Waals surface area contributed by atoms with Crippen LogP contribution in [0, 0.1) is 0 Å². The van der Waals surface area contributed by atoms with Gasteiger partial charge in [0.1, 0.15) is 0 Å². The molecule has 0 aliphatic heterocycles. The van der Waals surface area contributed by atoms with Crippen molar-refractivity contribution >= 4 is 31.5 Å².